The Morgan fingerprint density at radius 3 is 1.41 bits per heavy atom. The summed E-state index contributed by atoms with van der Waals surface area (Å²) in [6, 6.07) is 139. The Morgan fingerprint density at radius 2 is 0.702 bits per heavy atom. The summed E-state index contributed by atoms with van der Waals surface area (Å²) in [5.74, 6) is 3.20. The van der Waals surface area contributed by atoms with Gasteiger partial charge < -0.3 is 33.5 Å². The second kappa shape index (κ2) is 23.2. The van der Waals surface area contributed by atoms with E-state index in [0.717, 1.165) is 147 Å². The predicted molar refractivity (Wildman–Crippen MR) is 463 cm³/mol. The van der Waals surface area contributed by atoms with Gasteiger partial charge >= 0.3 is 0 Å². The molecule has 2 spiro atoms. The number of rotatable bonds is 8. The van der Waals surface area contributed by atoms with Gasteiger partial charge in [-0.1, -0.05) is 263 Å². The maximum absolute atomic E-state index is 7.56. The van der Waals surface area contributed by atoms with Crippen LogP contribution in [0, 0.1) is 0 Å². The molecule has 25 rings (SSSR count). The lowest BCUT2D eigenvalue weighted by atomic mass is 9.64. The quantitative estimate of drug-likeness (QED) is 0.150. The summed E-state index contributed by atoms with van der Waals surface area (Å²) >= 11 is 0. The lowest BCUT2D eigenvalue weighted by molar-refractivity contribution is 0.473. The van der Waals surface area contributed by atoms with Crippen LogP contribution in [0.25, 0.3) is 77.6 Å². The van der Waals surface area contributed by atoms with Crippen LogP contribution >= 0.6 is 0 Å². The lowest BCUT2D eigenvalue weighted by Gasteiger charge is -2.47. The molecular formula is C107H68N4O3. The highest BCUT2D eigenvalue weighted by molar-refractivity contribution is 6.12. The SMILES string of the molecule is CC1(C)c2ccccc2-c2ccc(N(c3ccc4c(c3)C3(c5ccccc5-c5c(-c6ccc7c(c6)Oc6cccc8c6N7c6ccc(-c7ccc(N(c9ccccc9)c9ccccc9)cc7)cc6C86c7ccccc7-c7ccccc76)cccc53)c3cccc5c3N4c3ccccc3O5)c3cccc4c3oc3ccccc34)cc21. The minimum Gasteiger partial charge on any atom is -0.454 e. The van der Waals surface area contributed by atoms with Crippen molar-refractivity contribution < 1.29 is 13.9 Å². The van der Waals surface area contributed by atoms with Crippen LogP contribution in [0.4, 0.5) is 68.2 Å². The van der Waals surface area contributed by atoms with Gasteiger partial charge in [-0.3, -0.25) is 0 Å². The third-order valence-corrected chi connectivity index (χ3v) is 25.8. The average Bonchev–Trinajstić information content (AvgIpc) is 1.38. The summed E-state index contributed by atoms with van der Waals surface area (Å²) < 4.78 is 21.8. The number of ether oxygens (including phenoxy) is 2. The van der Waals surface area contributed by atoms with E-state index in [1.165, 1.54) is 77.9 Å². The normalized spacial score (nSPS) is 15.4. The van der Waals surface area contributed by atoms with Crippen LogP contribution in [-0.4, -0.2) is 0 Å². The Morgan fingerprint density at radius 1 is 0.254 bits per heavy atom. The van der Waals surface area contributed by atoms with E-state index >= 15 is 0 Å². The minimum atomic E-state index is -0.889. The van der Waals surface area contributed by atoms with Gasteiger partial charge in [0.05, 0.1) is 50.6 Å². The molecule has 7 heteroatoms. The average molecular weight is 1460 g/mol. The fourth-order valence-corrected chi connectivity index (χ4v) is 21.1. The summed E-state index contributed by atoms with van der Waals surface area (Å²) in [6.07, 6.45) is 0. The molecule has 7 nitrogen and oxygen atoms in total. The highest BCUT2D eigenvalue weighted by atomic mass is 16.5. The van der Waals surface area contributed by atoms with Gasteiger partial charge in [0.15, 0.2) is 28.6 Å². The van der Waals surface area contributed by atoms with Crippen molar-refractivity contribution in [2.24, 2.45) is 0 Å². The third-order valence-electron chi connectivity index (χ3n) is 25.8. The van der Waals surface area contributed by atoms with Crippen LogP contribution in [0.5, 0.6) is 23.0 Å². The molecule has 534 valence electrons. The van der Waals surface area contributed by atoms with E-state index in [0.29, 0.717) is 0 Å². The van der Waals surface area contributed by atoms with Crippen molar-refractivity contribution in [2.75, 3.05) is 19.6 Å². The summed E-state index contributed by atoms with van der Waals surface area (Å²) in [4.78, 5) is 9.76. The summed E-state index contributed by atoms with van der Waals surface area (Å²) in [7, 11) is 0. The number of furan rings is 1. The smallest absolute Gasteiger partial charge is 0.159 e. The Bertz CT molecular complexity index is 7110. The molecule has 17 aromatic carbocycles. The molecule has 3 aliphatic carbocycles. The van der Waals surface area contributed by atoms with Gasteiger partial charge in [0.25, 0.3) is 0 Å². The number of hydrogen-bond donors (Lipinski definition) is 0. The molecule has 0 saturated heterocycles. The molecule has 0 bridgehead atoms. The summed E-state index contributed by atoms with van der Waals surface area (Å²) in [5, 5.41) is 2.14. The Balaban J connectivity index is 0.680. The van der Waals surface area contributed by atoms with Gasteiger partial charge in [-0.2, -0.15) is 0 Å². The molecule has 114 heavy (non-hydrogen) atoms. The molecule has 0 fully saturated rings. The highest BCUT2D eigenvalue weighted by Crippen LogP contribution is 2.71. The zero-order valence-corrected chi connectivity index (χ0v) is 62.3. The van der Waals surface area contributed by atoms with Crippen molar-refractivity contribution in [3.05, 3.63) is 432 Å². The number of benzene rings is 17. The Kier molecular flexibility index (Phi) is 12.9. The first-order chi connectivity index (χ1) is 56.3. The standard InChI is InChI=1S/C107H68N4O3/c1-105(2)81-36-14-9-29-74(81)77-57-55-71(63-88(77)105)109(95-44-22-35-79-78-32-13-19-45-96(78)114-104(79)95)72-56-60-92-90(64-72)107(87-42-24-47-98-103(87)110(92)93-43-18-20-46-97(93)112-98)84-39-17-12-33-80(84)101-73(34-21-40-85(101)107)67-52-59-94-100(62-67)113-99-48-23-41-86-102(99)111(94)91-58-51-66(61-89(91)106(86)82-37-15-10-30-75(82)76-31-11-16-38-83(76)106)65-49-53-70(54-50-65)108(68-25-5-3-6-26-68)69-27-7-4-8-28-69/h3-64H,1-2H3. The topological polar surface area (TPSA) is 44.6 Å². The van der Waals surface area contributed by atoms with Gasteiger partial charge in [0.2, 0.25) is 0 Å². The highest BCUT2D eigenvalue weighted by Gasteiger charge is 2.56. The zero-order chi connectivity index (χ0) is 74.9. The van der Waals surface area contributed by atoms with E-state index in [4.69, 9.17) is 13.9 Å². The fourth-order valence-electron chi connectivity index (χ4n) is 21.1. The van der Waals surface area contributed by atoms with Crippen molar-refractivity contribution in [2.45, 2.75) is 30.1 Å². The van der Waals surface area contributed by atoms with Gasteiger partial charge in [-0.05, 0) is 239 Å². The van der Waals surface area contributed by atoms with E-state index in [9.17, 15) is 0 Å². The van der Waals surface area contributed by atoms with Crippen molar-refractivity contribution >= 4 is 90.2 Å². The van der Waals surface area contributed by atoms with Crippen molar-refractivity contribution in [3.63, 3.8) is 0 Å². The van der Waals surface area contributed by atoms with Crippen LogP contribution in [0.2, 0.25) is 0 Å². The molecule has 0 amide bonds. The molecule has 5 heterocycles. The van der Waals surface area contributed by atoms with Crippen LogP contribution in [0.15, 0.2) is 381 Å². The van der Waals surface area contributed by atoms with Gasteiger partial charge in [0, 0.05) is 44.6 Å². The van der Waals surface area contributed by atoms with E-state index in [-0.39, 0.29) is 5.41 Å². The van der Waals surface area contributed by atoms with Crippen molar-refractivity contribution in [1.82, 2.24) is 0 Å². The first-order valence-corrected chi connectivity index (χ1v) is 39.4. The number of para-hydroxylation sites is 8. The first-order valence-electron chi connectivity index (χ1n) is 39.4. The van der Waals surface area contributed by atoms with E-state index in [1.807, 2.05) is 0 Å². The Labute approximate surface area is 659 Å². The minimum absolute atomic E-state index is 0.258. The fraction of sp³-hybridized carbons (Fsp3) is 0.0467. The second-order valence-electron chi connectivity index (χ2n) is 31.7. The first kappa shape index (κ1) is 63.2. The maximum atomic E-state index is 7.56. The van der Waals surface area contributed by atoms with E-state index in [1.54, 1.807) is 0 Å². The molecule has 1 unspecified atom stereocenters. The van der Waals surface area contributed by atoms with Crippen LogP contribution in [-0.2, 0) is 16.2 Å². The third kappa shape index (κ3) is 8.33. The van der Waals surface area contributed by atoms with E-state index < -0.39 is 10.8 Å². The molecule has 1 atom stereocenters. The van der Waals surface area contributed by atoms with Gasteiger partial charge in [-0.15, -0.1) is 0 Å². The molecule has 0 saturated carbocycles. The van der Waals surface area contributed by atoms with Crippen LogP contribution in [0.3, 0.4) is 0 Å². The van der Waals surface area contributed by atoms with Crippen molar-refractivity contribution in [1.29, 1.82) is 0 Å². The monoisotopic (exact) mass is 1460 g/mol. The second-order valence-corrected chi connectivity index (χ2v) is 31.7. The van der Waals surface area contributed by atoms with Gasteiger partial charge in [0.1, 0.15) is 5.58 Å². The maximum Gasteiger partial charge on any atom is 0.159 e. The van der Waals surface area contributed by atoms with E-state index in [2.05, 4.69) is 410 Å². The number of hydrogen-bond acceptors (Lipinski definition) is 7. The number of anilines is 12. The molecule has 7 aliphatic rings. The van der Waals surface area contributed by atoms with Crippen LogP contribution in [0.1, 0.15) is 69.5 Å². The summed E-state index contributed by atoms with van der Waals surface area (Å²) in [5.41, 5.74) is 36.3. The van der Waals surface area contributed by atoms with Gasteiger partial charge in [-0.25, -0.2) is 0 Å². The van der Waals surface area contributed by atoms with Crippen molar-refractivity contribution in [3.8, 4) is 78.6 Å². The molecule has 4 aliphatic heterocycles. The molecular weight excluding hydrogens is 1390 g/mol. The molecule has 0 N–H and O–H groups in total. The Hall–Kier alpha value is -14.7. The number of nitrogens with zero attached hydrogens (tertiary/aromatic N) is 4. The van der Waals surface area contributed by atoms with Crippen LogP contribution < -0.4 is 29.1 Å². The lowest BCUT2D eigenvalue weighted by Crippen LogP contribution is -2.37. The largest absolute Gasteiger partial charge is 0.454 e. The molecule has 18 aromatic rings. The predicted octanol–water partition coefficient (Wildman–Crippen LogP) is 28.7. The molecule has 1 aromatic heterocycles. The molecule has 0 radical (unpaired) electrons. The zero-order valence-electron chi connectivity index (χ0n) is 62.3. The number of fused-ring (bicyclic) bond motifs is 28. The summed E-state index contributed by atoms with van der Waals surface area (Å²) in [6.45, 7) is 4.74.